The molecule has 0 aliphatic carbocycles. The van der Waals surface area contributed by atoms with E-state index < -0.39 is 11.6 Å². The van der Waals surface area contributed by atoms with Crippen LogP contribution < -0.4 is 0 Å². The van der Waals surface area contributed by atoms with Gasteiger partial charge in [0, 0.05) is 0 Å². The van der Waals surface area contributed by atoms with Gasteiger partial charge in [-0.15, -0.1) is 0 Å². The highest BCUT2D eigenvalue weighted by Gasteiger charge is 2.22. The van der Waals surface area contributed by atoms with Crippen molar-refractivity contribution in [1.29, 1.82) is 0 Å². The fourth-order valence-electron chi connectivity index (χ4n) is 3.22. The Kier molecular flexibility index (Phi) is 19.6. The second kappa shape index (κ2) is 20.5. The number of carbonyl (C=O) groups is 2. The molecule has 0 rings (SSSR count). The van der Waals surface area contributed by atoms with Crippen LogP contribution in [0.15, 0.2) is 12.2 Å². The van der Waals surface area contributed by atoms with E-state index in [1.807, 2.05) is 0 Å². The molecule has 0 bridgehead atoms. The lowest BCUT2D eigenvalue weighted by atomic mass is 10.1. The van der Waals surface area contributed by atoms with E-state index in [1.54, 1.807) is 13.8 Å². The lowest BCUT2D eigenvalue weighted by Gasteiger charge is -2.22. The number of unbranched alkanes of at least 4 members (excludes halogenated alkanes) is 12. The molecule has 31 heavy (non-hydrogen) atoms. The Morgan fingerprint density at radius 1 is 0.742 bits per heavy atom. The average molecular weight is 441 g/mol. The molecule has 0 amide bonds. The van der Waals surface area contributed by atoms with Gasteiger partial charge in [0.1, 0.15) is 5.60 Å². The van der Waals surface area contributed by atoms with Crippen LogP contribution in [0.4, 0.5) is 0 Å². The van der Waals surface area contributed by atoms with Crippen LogP contribution in [0.25, 0.3) is 0 Å². The molecular formula is C26H48O5. The zero-order valence-electron chi connectivity index (χ0n) is 20.5. The van der Waals surface area contributed by atoms with Crippen molar-refractivity contribution in [2.75, 3.05) is 13.2 Å². The summed E-state index contributed by atoms with van der Waals surface area (Å²) in [6.45, 7) is 5.62. The first-order chi connectivity index (χ1) is 14.9. The van der Waals surface area contributed by atoms with E-state index in [4.69, 9.17) is 14.6 Å². The molecule has 0 atom stereocenters. The van der Waals surface area contributed by atoms with E-state index in [0.29, 0.717) is 6.61 Å². The third-order valence-electron chi connectivity index (χ3n) is 5.22. The SMILES string of the molecule is CCCCCCCCCCCCC/C=C/CCCOC(=O)CCC(=O)OC(C)(C)CO. The first-order valence-electron chi connectivity index (χ1n) is 12.5. The minimum Gasteiger partial charge on any atom is -0.466 e. The van der Waals surface area contributed by atoms with Gasteiger partial charge in [-0.2, -0.15) is 0 Å². The summed E-state index contributed by atoms with van der Waals surface area (Å²) in [5, 5.41) is 9.06. The van der Waals surface area contributed by atoms with Crippen LogP contribution in [-0.4, -0.2) is 35.9 Å². The number of esters is 2. The smallest absolute Gasteiger partial charge is 0.306 e. The van der Waals surface area contributed by atoms with E-state index in [2.05, 4.69) is 19.1 Å². The molecule has 1 N–H and O–H groups in total. The zero-order valence-corrected chi connectivity index (χ0v) is 20.5. The second-order valence-electron chi connectivity index (χ2n) is 9.05. The van der Waals surface area contributed by atoms with Crippen LogP contribution in [0, 0.1) is 0 Å². The Bertz CT molecular complexity index is 470. The number of aliphatic hydroxyl groups excluding tert-OH is 1. The molecule has 0 aromatic heterocycles. The van der Waals surface area contributed by atoms with E-state index in [9.17, 15) is 9.59 Å². The summed E-state index contributed by atoms with van der Waals surface area (Å²) in [4.78, 5) is 23.3. The van der Waals surface area contributed by atoms with Crippen molar-refractivity contribution in [3.05, 3.63) is 12.2 Å². The van der Waals surface area contributed by atoms with Crippen LogP contribution in [0.1, 0.15) is 124 Å². The molecule has 0 aliphatic rings. The molecule has 0 saturated heterocycles. The number of aliphatic hydroxyl groups is 1. The molecule has 0 radical (unpaired) electrons. The first-order valence-corrected chi connectivity index (χ1v) is 12.5. The first kappa shape index (κ1) is 29.6. The summed E-state index contributed by atoms with van der Waals surface area (Å²) >= 11 is 0. The largest absolute Gasteiger partial charge is 0.466 e. The molecule has 0 fully saturated rings. The molecule has 0 saturated carbocycles. The summed E-state index contributed by atoms with van der Waals surface area (Å²) < 4.78 is 10.2. The highest BCUT2D eigenvalue weighted by atomic mass is 16.6. The van der Waals surface area contributed by atoms with Gasteiger partial charge in [-0.1, -0.05) is 83.3 Å². The average Bonchev–Trinajstić information content (AvgIpc) is 2.74. The second-order valence-corrected chi connectivity index (χ2v) is 9.05. The molecule has 5 nitrogen and oxygen atoms in total. The molecule has 0 unspecified atom stereocenters. The highest BCUT2D eigenvalue weighted by Crippen LogP contribution is 2.12. The Labute approximate surface area is 191 Å². The Balaban J connectivity index is 3.40. The monoisotopic (exact) mass is 440 g/mol. The Morgan fingerprint density at radius 3 is 1.77 bits per heavy atom. The van der Waals surface area contributed by atoms with Crippen molar-refractivity contribution in [1.82, 2.24) is 0 Å². The van der Waals surface area contributed by atoms with Gasteiger partial charge in [-0.25, -0.2) is 0 Å². The molecule has 0 aromatic carbocycles. The van der Waals surface area contributed by atoms with Crippen LogP contribution >= 0.6 is 0 Å². The zero-order chi connectivity index (χ0) is 23.2. The van der Waals surface area contributed by atoms with Gasteiger partial charge >= 0.3 is 11.9 Å². The maximum absolute atomic E-state index is 11.6. The Hall–Kier alpha value is -1.36. The predicted octanol–water partition coefficient (Wildman–Crippen LogP) is 6.66. The molecular weight excluding hydrogens is 392 g/mol. The normalized spacial score (nSPS) is 11.7. The van der Waals surface area contributed by atoms with Gasteiger partial charge in [0.25, 0.3) is 0 Å². The standard InChI is InChI=1S/C26H48O5/c1-4-5-6-7-8-9-10-11-12-13-14-15-16-17-18-19-22-30-24(28)20-21-25(29)31-26(2,3)23-27/h16-17,27H,4-15,18-23H2,1-3H3/b17-16+. The van der Waals surface area contributed by atoms with Crippen LogP contribution in [0.5, 0.6) is 0 Å². The molecule has 0 spiro atoms. The van der Waals surface area contributed by atoms with Gasteiger partial charge in [0.05, 0.1) is 26.1 Å². The quantitative estimate of drug-likeness (QED) is 0.123. The van der Waals surface area contributed by atoms with Crippen molar-refractivity contribution >= 4 is 11.9 Å². The summed E-state index contributed by atoms with van der Waals surface area (Å²) in [7, 11) is 0. The summed E-state index contributed by atoms with van der Waals surface area (Å²) in [5.74, 6) is -0.884. The lowest BCUT2D eigenvalue weighted by molar-refractivity contribution is -0.162. The van der Waals surface area contributed by atoms with Crippen LogP contribution in [0.3, 0.4) is 0 Å². The predicted molar refractivity (Wildman–Crippen MR) is 127 cm³/mol. The topological polar surface area (TPSA) is 72.8 Å². The number of hydrogen-bond donors (Lipinski definition) is 1. The van der Waals surface area contributed by atoms with Crippen molar-refractivity contribution in [3.8, 4) is 0 Å². The molecule has 0 heterocycles. The van der Waals surface area contributed by atoms with E-state index in [1.165, 1.54) is 70.6 Å². The van der Waals surface area contributed by atoms with Crippen molar-refractivity contribution < 1.29 is 24.2 Å². The maximum atomic E-state index is 11.6. The van der Waals surface area contributed by atoms with Crippen LogP contribution in [0.2, 0.25) is 0 Å². The fourth-order valence-corrected chi connectivity index (χ4v) is 3.22. The minimum atomic E-state index is -0.916. The molecule has 182 valence electrons. The third-order valence-corrected chi connectivity index (χ3v) is 5.22. The minimum absolute atomic E-state index is 0.00897. The highest BCUT2D eigenvalue weighted by molar-refractivity contribution is 5.77. The summed E-state index contributed by atoms with van der Waals surface area (Å²) in [5.41, 5.74) is -0.916. The number of ether oxygens (including phenoxy) is 2. The van der Waals surface area contributed by atoms with Gasteiger partial charge in [-0.3, -0.25) is 9.59 Å². The fraction of sp³-hybridized carbons (Fsp3) is 0.846. The number of allylic oxidation sites excluding steroid dienone is 2. The lowest BCUT2D eigenvalue weighted by Crippen LogP contribution is -2.32. The molecule has 5 heteroatoms. The van der Waals surface area contributed by atoms with Crippen LogP contribution in [-0.2, 0) is 19.1 Å². The summed E-state index contributed by atoms with van der Waals surface area (Å²) in [6.07, 6.45) is 22.2. The van der Waals surface area contributed by atoms with E-state index in [0.717, 1.165) is 19.3 Å². The third kappa shape index (κ3) is 21.7. The number of hydrogen-bond acceptors (Lipinski definition) is 5. The van der Waals surface area contributed by atoms with E-state index >= 15 is 0 Å². The van der Waals surface area contributed by atoms with Gasteiger partial charge < -0.3 is 14.6 Å². The molecule has 0 aliphatic heterocycles. The van der Waals surface area contributed by atoms with Crippen molar-refractivity contribution in [2.45, 2.75) is 129 Å². The van der Waals surface area contributed by atoms with E-state index in [-0.39, 0.29) is 25.4 Å². The number of carbonyl (C=O) groups excluding carboxylic acids is 2. The number of rotatable bonds is 21. The van der Waals surface area contributed by atoms with Gasteiger partial charge in [0.15, 0.2) is 0 Å². The van der Waals surface area contributed by atoms with Crippen molar-refractivity contribution in [3.63, 3.8) is 0 Å². The summed E-state index contributed by atoms with van der Waals surface area (Å²) in [6, 6.07) is 0. The maximum Gasteiger partial charge on any atom is 0.306 e. The van der Waals surface area contributed by atoms with Gasteiger partial charge in [-0.05, 0) is 39.5 Å². The Morgan fingerprint density at radius 2 is 1.23 bits per heavy atom. The van der Waals surface area contributed by atoms with Gasteiger partial charge in [0.2, 0.25) is 0 Å². The van der Waals surface area contributed by atoms with Crippen molar-refractivity contribution in [2.24, 2.45) is 0 Å². The molecule has 0 aromatic rings.